The number of carbonyl (C=O) groups is 2. The zero-order valence-electron chi connectivity index (χ0n) is 10.5. The van der Waals surface area contributed by atoms with Crippen molar-refractivity contribution in [3.05, 3.63) is 17.0 Å². The highest BCUT2D eigenvalue weighted by molar-refractivity contribution is 5.81. The van der Waals surface area contributed by atoms with Crippen LogP contribution in [0.5, 0.6) is 0 Å². The van der Waals surface area contributed by atoms with Gasteiger partial charge < -0.3 is 14.5 Å². The van der Waals surface area contributed by atoms with Crippen molar-refractivity contribution >= 4 is 11.9 Å². The number of aromatic nitrogens is 1. The zero-order chi connectivity index (χ0) is 13.3. The van der Waals surface area contributed by atoms with Gasteiger partial charge in [-0.2, -0.15) is 0 Å². The van der Waals surface area contributed by atoms with Crippen LogP contribution in [0.25, 0.3) is 0 Å². The molecule has 6 nitrogen and oxygen atoms in total. The minimum Gasteiger partial charge on any atom is -0.481 e. The van der Waals surface area contributed by atoms with E-state index in [0.29, 0.717) is 25.3 Å². The number of amides is 1. The number of carbonyl (C=O) groups excluding carboxylic acids is 1. The van der Waals surface area contributed by atoms with E-state index >= 15 is 0 Å². The Morgan fingerprint density at radius 1 is 1.50 bits per heavy atom. The molecule has 1 aliphatic heterocycles. The first-order valence-electron chi connectivity index (χ1n) is 5.91. The number of hydrogen-bond acceptors (Lipinski definition) is 4. The predicted octanol–water partition coefficient (Wildman–Crippen LogP) is 0.767. The molecular weight excluding hydrogens is 236 g/mol. The molecule has 1 aromatic rings. The molecule has 1 amide bonds. The first kappa shape index (κ1) is 12.6. The minimum absolute atomic E-state index is 0.0619. The van der Waals surface area contributed by atoms with E-state index in [1.54, 1.807) is 18.7 Å². The molecular formula is C12H16N2O4. The van der Waals surface area contributed by atoms with Crippen LogP contribution in [0.1, 0.15) is 23.4 Å². The van der Waals surface area contributed by atoms with Crippen molar-refractivity contribution in [2.24, 2.45) is 5.92 Å². The van der Waals surface area contributed by atoms with Crippen molar-refractivity contribution in [1.29, 1.82) is 0 Å². The first-order chi connectivity index (χ1) is 8.49. The largest absolute Gasteiger partial charge is 0.481 e. The molecule has 1 unspecified atom stereocenters. The molecule has 0 radical (unpaired) electrons. The van der Waals surface area contributed by atoms with Gasteiger partial charge in [0.1, 0.15) is 5.76 Å². The summed E-state index contributed by atoms with van der Waals surface area (Å²) in [6.45, 7) is 4.38. The van der Waals surface area contributed by atoms with Gasteiger partial charge in [0.2, 0.25) is 5.91 Å². The third-order valence-electron chi connectivity index (χ3n) is 3.40. The number of carboxylic acids is 1. The maximum absolute atomic E-state index is 12.0. The van der Waals surface area contributed by atoms with Crippen LogP contribution < -0.4 is 0 Å². The summed E-state index contributed by atoms with van der Waals surface area (Å²) in [6.07, 6.45) is 0.760. The molecule has 98 valence electrons. The van der Waals surface area contributed by atoms with Gasteiger partial charge in [-0.25, -0.2) is 0 Å². The van der Waals surface area contributed by atoms with Gasteiger partial charge >= 0.3 is 5.97 Å². The van der Waals surface area contributed by atoms with Gasteiger partial charge in [0.05, 0.1) is 18.0 Å². The molecule has 0 saturated carbocycles. The Kier molecular flexibility index (Phi) is 3.36. The Morgan fingerprint density at radius 3 is 2.72 bits per heavy atom. The minimum atomic E-state index is -0.831. The van der Waals surface area contributed by atoms with E-state index in [9.17, 15) is 9.59 Å². The fraction of sp³-hybridized carbons (Fsp3) is 0.583. The summed E-state index contributed by atoms with van der Waals surface area (Å²) in [4.78, 5) is 24.5. The van der Waals surface area contributed by atoms with E-state index in [2.05, 4.69) is 5.16 Å². The fourth-order valence-corrected chi connectivity index (χ4v) is 2.21. The van der Waals surface area contributed by atoms with Gasteiger partial charge in [0.25, 0.3) is 0 Å². The molecule has 0 bridgehead atoms. The number of nitrogens with zero attached hydrogens (tertiary/aromatic N) is 2. The maximum atomic E-state index is 12.0. The van der Waals surface area contributed by atoms with Crippen molar-refractivity contribution in [2.45, 2.75) is 26.7 Å². The first-order valence-corrected chi connectivity index (χ1v) is 5.91. The molecule has 1 N–H and O–H groups in total. The standard InChI is InChI=1S/C12H16N2O4/c1-7-10(8(2)18-13-7)5-11(15)14-4-3-9(6-14)12(16)17/h9H,3-6H2,1-2H3,(H,16,17). The molecule has 1 aromatic heterocycles. The highest BCUT2D eigenvalue weighted by atomic mass is 16.5. The number of aryl methyl sites for hydroxylation is 2. The van der Waals surface area contributed by atoms with Gasteiger partial charge in [-0.05, 0) is 20.3 Å². The molecule has 0 spiro atoms. The summed E-state index contributed by atoms with van der Waals surface area (Å²) in [5.74, 6) is -0.677. The summed E-state index contributed by atoms with van der Waals surface area (Å²) in [5.41, 5.74) is 1.52. The molecule has 18 heavy (non-hydrogen) atoms. The second kappa shape index (κ2) is 4.80. The van der Waals surface area contributed by atoms with Crippen molar-refractivity contribution in [1.82, 2.24) is 10.1 Å². The Bertz CT molecular complexity index is 461. The van der Waals surface area contributed by atoms with Crippen molar-refractivity contribution in [2.75, 3.05) is 13.1 Å². The lowest BCUT2D eigenvalue weighted by atomic mass is 10.1. The van der Waals surface area contributed by atoms with E-state index in [1.807, 2.05) is 0 Å². The second-order valence-electron chi connectivity index (χ2n) is 4.64. The number of aliphatic carboxylic acids is 1. The average molecular weight is 252 g/mol. The van der Waals surface area contributed by atoms with Crippen LogP contribution in [0.3, 0.4) is 0 Å². The lowest BCUT2D eigenvalue weighted by Gasteiger charge is -2.15. The van der Waals surface area contributed by atoms with Crippen LogP contribution in [0.4, 0.5) is 0 Å². The smallest absolute Gasteiger partial charge is 0.308 e. The zero-order valence-corrected chi connectivity index (χ0v) is 10.5. The number of carboxylic acid groups (broad SMARTS) is 1. The van der Waals surface area contributed by atoms with Crippen LogP contribution in [0.2, 0.25) is 0 Å². The molecule has 0 aromatic carbocycles. The quantitative estimate of drug-likeness (QED) is 0.858. The molecule has 6 heteroatoms. The lowest BCUT2D eigenvalue weighted by molar-refractivity contribution is -0.141. The number of hydrogen-bond donors (Lipinski definition) is 1. The van der Waals surface area contributed by atoms with Crippen molar-refractivity contribution in [3.63, 3.8) is 0 Å². The van der Waals surface area contributed by atoms with E-state index in [0.717, 1.165) is 11.3 Å². The summed E-state index contributed by atoms with van der Waals surface area (Å²) >= 11 is 0. The highest BCUT2D eigenvalue weighted by Crippen LogP contribution is 2.19. The van der Waals surface area contributed by atoms with Crippen molar-refractivity contribution in [3.8, 4) is 0 Å². The van der Waals surface area contributed by atoms with Crippen LogP contribution >= 0.6 is 0 Å². The Hall–Kier alpha value is -1.85. The highest BCUT2D eigenvalue weighted by Gasteiger charge is 2.31. The third-order valence-corrected chi connectivity index (χ3v) is 3.40. The predicted molar refractivity (Wildman–Crippen MR) is 62.0 cm³/mol. The summed E-state index contributed by atoms with van der Waals surface area (Å²) in [6, 6.07) is 0. The Balaban J connectivity index is 2.00. The van der Waals surface area contributed by atoms with Gasteiger partial charge in [0.15, 0.2) is 0 Å². The molecule has 2 rings (SSSR count). The third kappa shape index (κ3) is 2.37. The Labute approximate surface area is 105 Å². The number of rotatable bonds is 3. The van der Waals surface area contributed by atoms with Crippen LogP contribution in [0, 0.1) is 19.8 Å². The maximum Gasteiger partial charge on any atom is 0.308 e. The average Bonchev–Trinajstić information content (AvgIpc) is 2.91. The Morgan fingerprint density at radius 2 is 2.22 bits per heavy atom. The molecule has 0 aliphatic carbocycles. The molecule has 1 aliphatic rings. The molecule has 2 heterocycles. The van der Waals surface area contributed by atoms with E-state index in [1.165, 1.54) is 0 Å². The van der Waals surface area contributed by atoms with Crippen LogP contribution in [0.15, 0.2) is 4.52 Å². The lowest BCUT2D eigenvalue weighted by Crippen LogP contribution is -2.31. The van der Waals surface area contributed by atoms with Gasteiger partial charge in [-0.15, -0.1) is 0 Å². The van der Waals surface area contributed by atoms with E-state index < -0.39 is 11.9 Å². The molecule has 1 saturated heterocycles. The van der Waals surface area contributed by atoms with Gasteiger partial charge in [0, 0.05) is 18.7 Å². The van der Waals surface area contributed by atoms with Gasteiger partial charge in [-0.1, -0.05) is 5.16 Å². The van der Waals surface area contributed by atoms with Crippen LogP contribution in [-0.4, -0.2) is 40.1 Å². The monoisotopic (exact) mass is 252 g/mol. The van der Waals surface area contributed by atoms with E-state index in [4.69, 9.17) is 9.63 Å². The fourth-order valence-electron chi connectivity index (χ4n) is 2.21. The number of likely N-dealkylation sites (tertiary alicyclic amines) is 1. The van der Waals surface area contributed by atoms with Crippen molar-refractivity contribution < 1.29 is 19.2 Å². The van der Waals surface area contributed by atoms with Gasteiger partial charge in [-0.3, -0.25) is 9.59 Å². The van der Waals surface area contributed by atoms with E-state index in [-0.39, 0.29) is 12.3 Å². The second-order valence-corrected chi connectivity index (χ2v) is 4.64. The molecule has 1 atom stereocenters. The normalized spacial score (nSPS) is 19.2. The summed E-state index contributed by atoms with van der Waals surface area (Å²) in [7, 11) is 0. The topological polar surface area (TPSA) is 83.6 Å². The summed E-state index contributed by atoms with van der Waals surface area (Å²) in [5, 5.41) is 12.7. The van der Waals surface area contributed by atoms with Crippen LogP contribution in [-0.2, 0) is 16.0 Å². The molecule has 1 fully saturated rings. The summed E-state index contributed by atoms with van der Waals surface area (Å²) < 4.78 is 5.00. The SMILES string of the molecule is Cc1noc(C)c1CC(=O)N1CCC(C(=O)O)C1.